The second-order valence-electron chi connectivity index (χ2n) is 11.9. The highest BCUT2D eigenvalue weighted by Gasteiger charge is 2.84. The van der Waals surface area contributed by atoms with Crippen LogP contribution in [0.4, 0.5) is 8.78 Å². The van der Waals surface area contributed by atoms with E-state index in [1.54, 1.807) is 18.4 Å². The number of methoxy groups -OCH3 is 1. The summed E-state index contributed by atoms with van der Waals surface area (Å²) in [6.07, 6.45) is 2.21. The Morgan fingerprint density at radius 1 is 1.18 bits per heavy atom. The zero-order valence-corrected chi connectivity index (χ0v) is 24.0. The van der Waals surface area contributed by atoms with Crippen LogP contribution in [0.25, 0.3) is 32.6 Å². The van der Waals surface area contributed by atoms with Crippen LogP contribution in [0.3, 0.4) is 0 Å². The highest BCUT2D eigenvalue weighted by molar-refractivity contribution is 7.17. The zero-order chi connectivity index (χ0) is 27.8. The smallest absolute Gasteiger partial charge is 0.137 e. The Kier molecular flexibility index (Phi) is 6.05. The minimum absolute atomic E-state index is 0.0401. The van der Waals surface area contributed by atoms with Crippen molar-refractivity contribution in [1.82, 2.24) is 25.0 Å². The number of benzene rings is 1. The van der Waals surface area contributed by atoms with Gasteiger partial charge in [-0.15, -0.1) is 11.3 Å². The monoisotopic (exact) mass is 565 g/mol. The maximum Gasteiger partial charge on any atom is 0.137 e. The van der Waals surface area contributed by atoms with Crippen LogP contribution in [0.1, 0.15) is 31.2 Å². The van der Waals surface area contributed by atoms with E-state index in [0.717, 1.165) is 53.5 Å². The third kappa shape index (κ3) is 3.99. The fourth-order valence-corrected chi connectivity index (χ4v) is 7.67. The second kappa shape index (κ2) is 9.30. The van der Waals surface area contributed by atoms with Gasteiger partial charge in [0.1, 0.15) is 35.4 Å². The Morgan fingerprint density at radius 3 is 2.77 bits per heavy atom. The van der Waals surface area contributed by atoms with Gasteiger partial charge in [0.2, 0.25) is 0 Å². The van der Waals surface area contributed by atoms with E-state index >= 15 is 4.39 Å². The number of nitrogens with one attached hydrogen (secondary N) is 1. The molecule has 40 heavy (non-hydrogen) atoms. The Balaban J connectivity index is 1.46. The van der Waals surface area contributed by atoms with Crippen molar-refractivity contribution in [2.45, 2.75) is 44.3 Å². The molecule has 0 amide bonds. The first-order valence-corrected chi connectivity index (χ1v) is 14.6. The van der Waals surface area contributed by atoms with E-state index in [0.29, 0.717) is 36.1 Å². The topological polar surface area (TPSA) is 64.4 Å². The molecule has 2 aliphatic carbocycles. The Morgan fingerprint density at radius 2 is 2.00 bits per heavy atom. The molecule has 1 aromatic carbocycles. The van der Waals surface area contributed by atoms with Gasteiger partial charge in [-0.1, -0.05) is 0 Å². The molecule has 210 valence electrons. The Labute approximate surface area is 236 Å². The average Bonchev–Trinajstić information content (AvgIpc) is 3.44. The van der Waals surface area contributed by atoms with E-state index < -0.39 is 11.6 Å². The number of nitrogens with zero attached hydrogens (tertiary/aromatic N) is 4. The summed E-state index contributed by atoms with van der Waals surface area (Å²) in [5, 5.41) is 11.5. The van der Waals surface area contributed by atoms with Gasteiger partial charge in [0.25, 0.3) is 0 Å². The lowest BCUT2D eigenvalue weighted by atomic mass is 9.95. The average molecular weight is 566 g/mol. The molecule has 4 aromatic rings. The minimum Gasteiger partial charge on any atom is -0.490 e. The molecule has 0 radical (unpaired) electrons. The molecular formula is C30H33F2N5O2S. The van der Waals surface area contributed by atoms with Gasteiger partial charge >= 0.3 is 0 Å². The second-order valence-corrected chi connectivity index (χ2v) is 12.8. The third-order valence-electron chi connectivity index (χ3n) is 8.72. The van der Waals surface area contributed by atoms with E-state index in [9.17, 15) is 4.39 Å². The van der Waals surface area contributed by atoms with Gasteiger partial charge in [-0.2, -0.15) is 5.10 Å². The standard InChI is InChI=1S/C30H33F2N5O2S/c1-17-13-37-19(12-33-17)11-22(35-37)26-25(24-21(32)9-18(31)10-23(24)39-7-6-38-4)27-20(5-8-40-27)28(34-26)30-14-29(30,15-30)16-36(2)3/h5,8-11,17,33H,6-7,12-16H2,1-4H3/t17-,29?,30?/m1/s1. The van der Waals surface area contributed by atoms with Crippen molar-refractivity contribution in [2.24, 2.45) is 5.41 Å². The number of rotatable bonds is 9. The van der Waals surface area contributed by atoms with Crippen molar-refractivity contribution >= 4 is 21.4 Å². The molecule has 0 spiro atoms. The first-order chi connectivity index (χ1) is 19.2. The largest absolute Gasteiger partial charge is 0.490 e. The lowest BCUT2D eigenvalue weighted by Gasteiger charge is -2.21. The highest BCUT2D eigenvalue weighted by atomic mass is 32.1. The van der Waals surface area contributed by atoms with Crippen molar-refractivity contribution in [3.8, 4) is 28.3 Å². The van der Waals surface area contributed by atoms with Crippen LogP contribution in [0.15, 0.2) is 29.6 Å². The summed E-state index contributed by atoms with van der Waals surface area (Å²) < 4.78 is 44.3. The molecule has 7 rings (SSSR count). The molecule has 2 saturated carbocycles. The lowest BCUT2D eigenvalue weighted by Crippen LogP contribution is -2.36. The van der Waals surface area contributed by atoms with Gasteiger partial charge in [-0.05, 0) is 56.8 Å². The quantitative estimate of drug-likeness (QED) is 0.281. The fourth-order valence-electron chi connectivity index (χ4n) is 6.72. The van der Waals surface area contributed by atoms with E-state index in [1.807, 2.05) is 16.1 Å². The molecule has 1 N–H and O–H groups in total. The molecule has 3 aromatic heterocycles. The maximum absolute atomic E-state index is 15.9. The first kappa shape index (κ1) is 26.0. The minimum atomic E-state index is -0.692. The van der Waals surface area contributed by atoms with Crippen LogP contribution in [0, 0.1) is 17.0 Å². The number of halogens is 2. The summed E-state index contributed by atoms with van der Waals surface area (Å²) in [6.45, 7) is 5.05. The van der Waals surface area contributed by atoms with Gasteiger partial charge in [-0.3, -0.25) is 4.68 Å². The van der Waals surface area contributed by atoms with Gasteiger partial charge < -0.3 is 19.7 Å². The molecule has 4 heterocycles. The molecule has 7 nitrogen and oxygen atoms in total. The molecule has 2 fully saturated rings. The van der Waals surface area contributed by atoms with Gasteiger partial charge in [0.15, 0.2) is 0 Å². The first-order valence-electron chi connectivity index (χ1n) is 13.7. The zero-order valence-electron chi connectivity index (χ0n) is 23.2. The summed E-state index contributed by atoms with van der Waals surface area (Å²) in [5.41, 5.74) is 4.55. The van der Waals surface area contributed by atoms with Gasteiger partial charge in [0.05, 0.1) is 30.1 Å². The number of ether oxygens (including phenoxy) is 2. The van der Waals surface area contributed by atoms with E-state index in [2.05, 4.69) is 37.3 Å². The van der Waals surface area contributed by atoms with Crippen LogP contribution in [0.5, 0.6) is 5.75 Å². The van der Waals surface area contributed by atoms with Crippen LogP contribution in [0.2, 0.25) is 0 Å². The van der Waals surface area contributed by atoms with Crippen LogP contribution in [-0.2, 0) is 23.2 Å². The summed E-state index contributed by atoms with van der Waals surface area (Å²) in [7, 11) is 5.80. The fraction of sp³-hybridized carbons (Fsp3) is 0.467. The van der Waals surface area contributed by atoms with Crippen molar-refractivity contribution in [3.05, 3.63) is 52.7 Å². The number of aromatic nitrogens is 3. The van der Waals surface area contributed by atoms with E-state index in [1.165, 1.54) is 6.07 Å². The number of thiophene rings is 1. The SMILES string of the molecule is COCCOc1cc(F)cc(F)c1-c1c(-c2cc3n(n2)C[C@@H](C)NC3)nc(C23CC2(CN(C)C)C3)c2ccsc12. The molecule has 0 saturated heterocycles. The normalized spacial score (nSPS) is 24.8. The molecule has 3 aliphatic rings. The highest BCUT2D eigenvalue weighted by Crippen LogP contribution is 2.86. The molecule has 10 heteroatoms. The predicted molar refractivity (Wildman–Crippen MR) is 152 cm³/mol. The Bertz CT molecular complexity index is 1620. The molecule has 1 atom stereocenters. The van der Waals surface area contributed by atoms with Crippen molar-refractivity contribution in [3.63, 3.8) is 0 Å². The van der Waals surface area contributed by atoms with Gasteiger partial charge in [0, 0.05) is 59.4 Å². The van der Waals surface area contributed by atoms with Crippen molar-refractivity contribution in [2.75, 3.05) is 41.0 Å². The third-order valence-corrected chi connectivity index (χ3v) is 9.66. The summed E-state index contributed by atoms with van der Waals surface area (Å²) in [5.74, 6) is -1.24. The van der Waals surface area contributed by atoms with Crippen LogP contribution < -0.4 is 10.1 Å². The number of hydrogen-bond donors (Lipinski definition) is 1. The Hall–Kier alpha value is -2.92. The van der Waals surface area contributed by atoms with E-state index in [4.69, 9.17) is 19.6 Å². The lowest BCUT2D eigenvalue weighted by molar-refractivity contribution is 0.146. The molecule has 0 unspecified atom stereocenters. The molecule has 1 aliphatic heterocycles. The van der Waals surface area contributed by atoms with Gasteiger partial charge in [-0.25, -0.2) is 13.8 Å². The van der Waals surface area contributed by atoms with Crippen molar-refractivity contribution in [1.29, 1.82) is 0 Å². The molecule has 0 bridgehead atoms. The summed E-state index contributed by atoms with van der Waals surface area (Å²) >= 11 is 1.55. The van der Waals surface area contributed by atoms with E-state index in [-0.39, 0.29) is 28.7 Å². The number of hydrogen-bond acceptors (Lipinski definition) is 7. The summed E-state index contributed by atoms with van der Waals surface area (Å²) in [4.78, 5) is 7.62. The van der Waals surface area contributed by atoms with Crippen molar-refractivity contribution < 1.29 is 18.3 Å². The van der Waals surface area contributed by atoms with Crippen LogP contribution in [-0.4, -0.2) is 66.7 Å². The number of fused-ring (bicyclic) bond motifs is 3. The summed E-state index contributed by atoms with van der Waals surface area (Å²) in [6, 6.07) is 6.60. The predicted octanol–water partition coefficient (Wildman–Crippen LogP) is 5.22. The maximum atomic E-state index is 15.9. The number of pyridine rings is 1. The van der Waals surface area contributed by atoms with Crippen LogP contribution >= 0.6 is 11.3 Å². The molecular weight excluding hydrogens is 532 g/mol.